The number of fused-ring (bicyclic) bond motifs is 1. The predicted molar refractivity (Wildman–Crippen MR) is 105 cm³/mol. The largest absolute Gasteiger partial charge is 0.486 e. The van der Waals surface area contributed by atoms with Crippen LogP contribution in [0.1, 0.15) is 36.0 Å². The summed E-state index contributed by atoms with van der Waals surface area (Å²) in [6.07, 6.45) is -1.62. The molecule has 1 amide bonds. The van der Waals surface area contributed by atoms with Crippen molar-refractivity contribution in [3.8, 4) is 11.5 Å². The van der Waals surface area contributed by atoms with Gasteiger partial charge in [0.2, 0.25) is 0 Å². The molecule has 2 aromatic rings. The average molecular weight is 438 g/mol. The summed E-state index contributed by atoms with van der Waals surface area (Å²) in [6, 6.07) is 8.26. The molecule has 0 bridgehead atoms. The molecule has 2 heterocycles. The van der Waals surface area contributed by atoms with E-state index in [-0.39, 0.29) is 12.8 Å². The molecule has 30 heavy (non-hydrogen) atoms. The first-order valence-electron chi connectivity index (χ1n) is 9.80. The van der Waals surface area contributed by atoms with E-state index >= 15 is 0 Å². The quantitative estimate of drug-likeness (QED) is 0.739. The molecule has 1 saturated carbocycles. The number of pyridine rings is 1. The maximum absolute atomic E-state index is 13.1. The first-order chi connectivity index (χ1) is 14.4. The Kier molecular flexibility index (Phi) is 6.08. The van der Waals surface area contributed by atoms with Crippen molar-refractivity contribution in [2.75, 3.05) is 13.2 Å². The van der Waals surface area contributed by atoms with Crippen LogP contribution in [-0.4, -0.2) is 36.3 Å². The molecule has 0 saturated heterocycles. The zero-order chi connectivity index (χ0) is 21.1. The van der Waals surface area contributed by atoms with Gasteiger partial charge in [0.1, 0.15) is 18.2 Å². The third kappa shape index (κ3) is 4.83. The smallest absolute Gasteiger partial charge is 0.391 e. The highest BCUT2D eigenvalue weighted by Gasteiger charge is 2.42. The normalized spacial score (nSPS) is 21.2. The Morgan fingerprint density at radius 3 is 2.73 bits per heavy atom. The summed E-state index contributed by atoms with van der Waals surface area (Å²) in [7, 11) is 0. The highest BCUT2D eigenvalue weighted by Crippen LogP contribution is 2.39. The summed E-state index contributed by atoms with van der Waals surface area (Å²) in [5.74, 6) is -0.470. The molecular weight excluding hydrogens is 417 g/mol. The number of alkyl halides is 3. The van der Waals surface area contributed by atoms with Gasteiger partial charge >= 0.3 is 6.18 Å². The van der Waals surface area contributed by atoms with Gasteiger partial charge in [0.05, 0.1) is 11.5 Å². The minimum Gasteiger partial charge on any atom is -0.486 e. The number of aromatic nitrogens is 1. The molecule has 160 valence electrons. The highest BCUT2D eigenvalue weighted by atomic mass is 32.2. The van der Waals surface area contributed by atoms with Crippen LogP contribution in [0.3, 0.4) is 0 Å². The van der Waals surface area contributed by atoms with Crippen molar-refractivity contribution in [1.29, 1.82) is 0 Å². The number of nitrogens with zero attached hydrogens (tertiary/aromatic N) is 1. The lowest BCUT2D eigenvalue weighted by Gasteiger charge is -2.31. The van der Waals surface area contributed by atoms with Gasteiger partial charge < -0.3 is 14.8 Å². The molecule has 0 radical (unpaired) electrons. The Bertz CT molecular complexity index is 923. The van der Waals surface area contributed by atoms with Crippen LogP contribution in [0.5, 0.6) is 11.5 Å². The van der Waals surface area contributed by atoms with Gasteiger partial charge in [0.25, 0.3) is 5.91 Å². The number of ether oxygens (including phenoxy) is 2. The van der Waals surface area contributed by atoms with E-state index < -0.39 is 24.0 Å². The second-order valence-electron chi connectivity index (χ2n) is 7.34. The fourth-order valence-electron chi connectivity index (χ4n) is 3.73. The molecule has 2 aliphatic rings. The van der Waals surface area contributed by atoms with Crippen molar-refractivity contribution in [3.63, 3.8) is 0 Å². The molecule has 5 nitrogen and oxygen atoms in total. The second-order valence-corrected chi connectivity index (χ2v) is 8.40. The molecule has 1 aromatic heterocycles. The van der Waals surface area contributed by atoms with Crippen LogP contribution in [0.25, 0.3) is 0 Å². The van der Waals surface area contributed by atoms with E-state index in [1.807, 2.05) is 12.1 Å². The van der Waals surface area contributed by atoms with Crippen LogP contribution in [0, 0.1) is 5.92 Å². The number of nitrogens with one attached hydrogen (secondary N) is 1. The monoisotopic (exact) mass is 438 g/mol. The maximum atomic E-state index is 13.1. The van der Waals surface area contributed by atoms with Crippen LogP contribution >= 0.6 is 11.8 Å². The van der Waals surface area contributed by atoms with Gasteiger partial charge in [-0.1, -0.05) is 18.2 Å². The van der Waals surface area contributed by atoms with Crippen LogP contribution < -0.4 is 14.8 Å². The molecule has 1 aliphatic heterocycles. The number of halogens is 3. The van der Waals surface area contributed by atoms with Gasteiger partial charge in [0.15, 0.2) is 11.5 Å². The van der Waals surface area contributed by atoms with E-state index in [0.717, 1.165) is 4.90 Å². The van der Waals surface area contributed by atoms with Crippen LogP contribution in [-0.2, 0) is 0 Å². The van der Waals surface area contributed by atoms with E-state index in [1.165, 1.54) is 11.8 Å². The standard InChI is InChI=1S/C21H21F3N2O3S/c22-21(23,24)13-3-1-4-14(11-13)26-19(27)16-5-2-8-25-20(16)30-15-6-7-17-18(12-15)29-10-9-28-17/h2,5-8,12-14H,1,3-4,9-11H2,(H,26,27)/t13-,14-/m0/s1. The van der Waals surface area contributed by atoms with Crippen molar-refractivity contribution in [2.45, 2.75) is 47.8 Å². The fourth-order valence-corrected chi connectivity index (χ4v) is 4.63. The Hall–Kier alpha value is -2.42. The zero-order valence-corrected chi connectivity index (χ0v) is 16.9. The number of amides is 1. The maximum Gasteiger partial charge on any atom is 0.391 e. The summed E-state index contributed by atoms with van der Waals surface area (Å²) in [5.41, 5.74) is 0.339. The van der Waals surface area contributed by atoms with Gasteiger partial charge in [-0.3, -0.25) is 4.79 Å². The minimum absolute atomic E-state index is 0.0832. The van der Waals surface area contributed by atoms with Gasteiger partial charge in [-0.25, -0.2) is 4.98 Å². The Morgan fingerprint density at radius 1 is 1.13 bits per heavy atom. The molecule has 1 N–H and O–H groups in total. The summed E-state index contributed by atoms with van der Waals surface area (Å²) >= 11 is 1.29. The van der Waals surface area contributed by atoms with Gasteiger partial charge in [0, 0.05) is 17.1 Å². The number of carbonyl (C=O) groups is 1. The number of hydrogen-bond donors (Lipinski definition) is 1. The van der Waals surface area contributed by atoms with Crippen LogP contribution in [0.2, 0.25) is 0 Å². The molecule has 0 unspecified atom stereocenters. The van der Waals surface area contributed by atoms with Crippen molar-refractivity contribution < 1.29 is 27.4 Å². The van der Waals surface area contributed by atoms with Crippen LogP contribution in [0.15, 0.2) is 46.5 Å². The van der Waals surface area contributed by atoms with E-state index in [2.05, 4.69) is 10.3 Å². The predicted octanol–water partition coefficient (Wildman–Crippen LogP) is 4.85. The third-order valence-corrected chi connectivity index (χ3v) is 6.22. The molecular formula is C21H21F3N2O3S. The molecule has 1 aromatic carbocycles. The lowest BCUT2D eigenvalue weighted by molar-refractivity contribution is -0.183. The second kappa shape index (κ2) is 8.75. The van der Waals surface area contributed by atoms with E-state index in [9.17, 15) is 18.0 Å². The number of hydrogen-bond acceptors (Lipinski definition) is 5. The molecule has 2 atom stereocenters. The van der Waals surface area contributed by atoms with Crippen LogP contribution in [0.4, 0.5) is 13.2 Å². The molecule has 4 rings (SSSR count). The first kappa shape index (κ1) is 20.8. The van der Waals surface area contributed by atoms with E-state index in [0.29, 0.717) is 48.1 Å². The molecule has 0 spiro atoms. The minimum atomic E-state index is -4.23. The van der Waals surface area contributed by atoms with E-state index in [4.69, 9.17) is 9.47 Å². The SMILES string of the molecule is O=C(N[C@H]1CCC[C@H](C(F)(F)F)C1)c1cccnc1Sc1ccc2c(c1)OCCO2. The molecule has 1 aliphatic carbocycles. The zero-order valence-electron chi connectivity index (χ0n) is 16.1. The van der Waals surface area contributed by atoms with Crippen molar-refractivity contribution in [2.24, 2.45) is 5.92 Å². The number of benzene rings is 1. The van der Waals surface area contributed by atoms with E-state index in [1.54, 1.807) is 24.4 Å². The number of carbonyl (C=O) groups excluding carboxylic acids is 1. The summed E-state index contributed by atoms with van der Waals surface area (Å²) in [4.78, 5) is 17.9. The summed E-state index contributed by atoms with van der Waals surface area (Å²) < 4.78 is 50.3. The Balaban J connectivity index is 1.47. The molecule has 9 heteroatoms. The highest BCUT2D eigenvalue weighted by molar-refractivity contribution is 7.99. The Labute approximate surface area is 176 Å². The number of rotatable bonds is 4. The third-order valence-electron chi connectivity index (χ3n) is 5.22. The fraction of sp³-hybridized carbons (Fsp3) is 0.429. The Morgan fingerprint density at radius 2 is 1.93 bits per heavy atom. The van der Waals surface area contributed by atoms with Gasteiger partial charge in [-0.05, 0) is 49.6 Å². The van der Waals surface area contributed by atoms with Gasteiger partial charge in [-0.2, -0.15) is 13.2 Å². The lowest BCUT2D eigenvalue weighted by atomic mass is 9.85. The summed E-state index contributed by atoms with van der Waals surface area (Å²) in [5, 5.41) is 3.26. The van der Waals surface area contributed by atoms with Crippen molar-refractivity contribution in [1.82, 2.24) is 10.3 Å². The summed E-state index contributed by atoms with van der Waals surface area (Å²) in [6.45, 7) is 0.971. The first-order valence-corrected chi connectivity index (χ1v) is 10.6. The van der Waals surface area contributed by atoms with Gasteiger partial charge in [-0.15, -0.1) is 0 Å². The van der Waals surface area contributed by atoms with Crippen molar-refractivity contribution >= 4 is 17.7 Å². The average Bonchev–Trinajstić information content (AvgIpc) is 2.73. The van der Waals surface area contributed by atoms with Crippen molar-refractivity contribution in [3.05, 3.63) is 42.1 Å². The molecule has 1 fully saturated rings. The lowest BCUT2D eigenvalue weighted by Crippen LogP contribution is -2.41. The topological polar surface area (TPSA) is 60.5 Å².